The summed E-state index contributed by atoms with van der Waals surface area (Å²) < 4.78 is 12.2. The summed E-state index contributed by atoms with van der Waals surface area (Å²) in [4.78, 5) is 55.6. The van der Waals surface area contributed by atoms with E-state index in [-0.39, 0.29) is 11.4 Å². The Hall–Kier alpha value is -4.30. The quantitative estimate of drug-likeness (QED) is 0.0998. The van der Waals surface area contributed by atoms with Crippen molar-refractivity contribution in [2.45, 2.75) is 49.9 Å². The molecule has 0 bridgehead atoms. The molecular formula is C36H36IN3O7S. The summed E-state index contributed by atoms with van der Waals surface area (Å²) in [5, 5.41) is 14.6. The molecule has 2 heterocycles. The van der Waals surface area contributed by atoms with Gasteiger partial charge in [-0.1, -0.05) is 108 Å². The van der Waals surface area contributed by atoms with Gasteiger partial charge in [-0.25, -0.2) is 9.59 Å². The Morgan fingerprint density at radius 3 is 2.15 bits per heavy atom. The Morgan fingerprint density at radius 1 is 0.979 bits per heavy atom. The lowest BCUT2D eigenvalue weighted by molar-refractivity contribution is -0.154. The normalized spacial score (nSPS) is 18.2. The van der Waals surface area contributed by atoms with Crippen LogP contribution < -0.4 is 10.6 Å². The molecule has 10 nitrogen and oxygen atoms in total. The number of nitrogens with one attached hydrogen (secondary N) is 2. The molecule has 3 aromatic rings. The molecule has 2 aliphatic rings. The summed E-state index contributed by atoms with van der Waals surface area (Å²) in [6, 6.07) is 22.4. The summed E-state index contributed by atoms with van der Waals surface area (Å²) in [5.41, 5.74) is 1.89. The van der Waals surface area contributed by atoms with Crippen molar-refractivity contribution >= 4 is 58.2 Å². The molecular weight excluding hydrogens is 745 g/mol. The molecule has 1 fully saturated rings. The largest absolute Gasteiger partial charge is 0.508 e. The number of hydrogen-bond donors (Lipinski definition) is 3. The van der Waals surface area contributed by atoms with E-state index in [0.717, 1.165) is 11.1 Å². The molecule has 0 saturated carbocycles. The van der Waals surface area contributed by atoms with Gasteiger partial charge in [0.2, 0.25) is 5.91 Å². The number of allylic oxidation sites excluding steroid dienone is 2. The van der Waals surface area contributed by atoms with Crippen molar-refractivity contribution in [1.82, 2.24) is 15.5 Å². The van der Waals surface area contributed by atoms with Gasteiger partial charge in [-0.3, -0.25) is 14.5 Å². The number of carbonyl (C=O) groups excluding carboxylic acids is 4. The highest BCUT2D eigenvalue weighted by molar-refractivity contribution is 14.1. The van der Waals surface area contributed by atoms with Gasteiger partial charge in [0, 0.05) is 10.2 Å². The molecule has 0 spiro atoms. The maximum Gasteiger partial charge on any atom is 0.408 e. The number of phenols is 1. The fourth-order valence-corrected chi connectivity index (χ4v) is 6.90. The number of benzene rings is 3. The molecule has 0 aromatic heterocycles. The van der Waals surface area contributed by atoms with Crippen molar-refractivity contribution in [2.24, 2.45) is 0 Å². The van der Waals surface area contributed by atoms with Gasteiger partial charge in [-0.05, 0) is 55.2 Å². The predicted molar refractivity (Wildman–Crippen MR) is 191 cm³/mol. The lowest BCUT2D eigenvalue weighted by atomic mass is 9.99. The SMILES string of the molecule is CC(C)(C)OC(=O)NC(C(=O)N[C@@H]1C(=O)N2C(C(=O)OC(c3ccccc3)c3ccccc3)=C(C=CCI)CS[C@@H]12)c1ccc(O)cc1. The number of nitrogens with zero attached hydrogens (tertiary/aromatic N) is 1. The zero-order chi connectivity index (χ0) is 34.4. The first-order valence-corrected chi connectivity index (χ1v) is 17.8. The average molecular weight is 782 g/mol. The highest BCUT2D eigenvalue weighted by atomic mass is 127. The number of alkyl carbamates (subject to hydrolysis) is 1. The number of esters is 1. The van der Waals surface area contributed by atoms with Gasteiger partial charge in [0.1, 0.15) is 34.5 Å². The second-order valence-electron chi connectivity index (χ2n) is 12.1. The second-order valence-corrected chi connectivity index (χ2v) is 14.1. The van der Waals surface area contributed by atoms with Crippen molar-refractivity contribution in [3.63, 3.8) is 0 Å². The third-order valence-corrected chi connectivity index (χ3v) is 9.29. The molecule has 3 atom stereocenters. The van der Waals surface area contributed by atoms with E-state index in [1.807, 2.05) is 72.8 Å². The van der Waals surface area contributed by atoms with E-state index < -0.39 is 53.0 Å². The molecule has 1 saturated heterocycles. The number of aromatic hydroxyl groups is 1. The zero-order valence-electron chi connectivity index (χ0n) is 26.6. The number of alkyl halides is 1. The van der Waals surface area contributed by atoms with Crippen LogP contribution in [0.5, 0.6) is 5.75 Å². The first kappa shape index (κ1) is 35.0. The van der Waals surface area contributed by atoms with Crippen LogP contribution in [0.1, 0.15) is 49.6 Å². The minimum Gasteiger partial charge on any atom is -0.508 e. The smallest absolute Gasteiger partial charge is 0.408 e. The maximum absolute atomic E-state index is 14.1. The molecule has 2 aliphatic heterocycles. The van der Waals surface area contributed by atoms with Gasteiger partial charge in [0.25, 0.3) is 5.91 Å². The van der Waals surface area contributed by atoms with Gasteiger partial charge in [0.15, 0.2) is 6.10 Å². The van der Waals surface area contributed by atoms with E-state index in [1.165, 1.54) is 40.9 Å². The molecule has 48 heavy (non-hydrogen) atoms. The standard InChI is InChI=1S/C36H36IN3O7S/c1-36(2,3)47-35(45)39-27(22-16-18-26(41)19-17-22)31(42)38-28-32(43)40-29(25(15-10-20-37)21-48-33(28)40)34(44)46-30(23-11-6-4-7-12-23)24-13-8-5-9-14-24/h4-19,27-28,30,33,41H,20-21H2,1-3H3,(H,38,42)(H,39,45)/t27?,28-,33+/m1/s1. The van der Waals surface area contributed by atoms with Gasteiger partial charge in [-0.2, -0.15) is 0 Å². The third kappa shape index (κ3) is 8.21. The number of β-lactam (4-membered cyclic amide) rings is 1. The third-order valence-electron chi connectivity index (χ3n) is 7.48. The number of hydrogen-bond acceptors (Lipinski definition) is 8. The number of carbonyl (C=O) groups is 4. The summed E-state index contributed by atoms with van der Waals surface area (Å²) >= 11 is 3.62. The van der Waals surface area contributed by atoms with E-state index in [0.29, 0.717) is 21.3 Å². The van der Waals surface area contributed by atoms with Crippen LogP contribution in [0.15, 0.2) is 108 Å². The van der Waals surface area contributed by atoms with E-state index in [1.54, 1.807) is 20.8 Å². The number of thioether (sulfide) groups is 1. The van der Waals surface area contributed by atoms with Crippen LogP contribution in [0.3, 0.4) is 0 Å². The number of ether oxygens (including phenoxy) is 2. The van der Waals surface area contributed by atoms with Crippen molar-refractivity contribution in [3.05, 3.63) is 125 Å². The minimum absolute atomic E-state index is 0.0148. The van der Waals surface area contributed by atoms with Crippen LogP contribution >= 0.6 is 34.4 Å². The van der Waals surface area contributed by atoms with Crippen molar-refractivity contribution in [3.8, 4) is 5.75 Å². The summed E-state index contributed by atoms with van der Waals surface area (Å²) in [6.07, 6.45) is 2.20. The molecule has 3 aromatic carbocycles. The highest BCUT2D eigenvalue weighted by Gasteiger charge is 2.55. The fourth-order valence-electron chi connectivity index (χ4n) is 5.32. The van der Waals surface area contributed by atoms with Gasteiger partial charge in [-0.15, -0.1) is 11.8 Å². The number of phenolic OH excluding ortho intramolecular Hbond substituents is 1. The molecule has 0 aliphatic carbocycles. The van der Waals surface area contributed by atoms with Gasteiger partial charge >= 0.3 is 12.1 Å². The molecule has 5 rings (SSSR count). The Kier molecular flexibility index (Phi) is 11.2. The van der Waals surface area contributed by atoms with Crippen molar-refractivity contribution in [2.75, 3.05) is 10.2 Å². The number of fused-ring (bicyclic) bond motifs is 1. The van der Waals surface area contributed by atoms with E-state index in [4.69, 9.17) is 9.47 Å². The first-order chi connectivity index (χ1) is 23.0. The van der Waals surface area contributed by atoms with E-state index >= 15 is 0 Å². The Labute approximate surface area is 297 Å². The molecule has 3 amide bonds. The first-order valence-electron chi connectivity index (χ1n) is 15.3. The lowest BCUT2D eigenvalue weighted by Gasteiger charge is -2.49. The van der Waals surface area contributed by atoms with Crippen LogP contribution in [0.25, 0.3) is 0 Å². The number of halogens is 1. The van der Waals surface area contributed by atoms with E-state index in [2.05, 4.69) is 33.2 Å². The van der Waals surface area contributed by atoms with Crippen LogP contribution in [-0.4, -0.2) is 61.1 Å². The van der Waals surface area contributed by atoms with Gasteiger partial charge < -0.3 is 25.2 Å². The topological polar surface area (TPSA) is 134 Å². The Bertz CT molecular complexity index is 1670. The maximum atomic E-state index is 14.1. The van der Waals surface area contributed by atoms with Crippen molar-refractivity contribution < 1.29 is 33.8 Å². The summed E-state index contributed by atoms with van der Waals surface area (Å²) in [5.74, 6) is -1.40. The molecule has 12 heteroatoms. The van der Waals surface area contributed by atoms with Crippen LogP contribution in [0, 0.1) is 0 Å². The van der Waals surface area contributed by atoms with Crippen molar-refractivity contribution in [1.29, 1.82) is 0 Å². The average Bonchev–Trinajstić information content (AvgIpc) is 3.07. The summed E-state index contributed by atoms with van der Waals surface area (Å²) in [6.45, 7) is 5.10. The minimum atomic E-state index is -1.23. The number of amides is 3. The van der Waals surface area contributed by atoms with Crippen LogP contribution in [-0.2, 0) is 23.9 Å². The highest BCUT2D eigenvalue weighted by Crippen LogP contribution is 2.42. The number of rotatable bonds is 10. The van der Waals surface area contributed by atoms with Gasteiger partial charge in [0.05, 0.1) is 0 Å². The van der Waals surface area contributed by atoms with Crippen LogP contribution in [0.2, 0.25) is 0 Å². The molecule has 250 valence electrons. The Balaban J connectivity index is 1.39. The second kappa shape index (κ2) is 15.3. The molecule has 3 N–H and O–H groups in total. The Morgan fingerprint density at radius 2 is 1.58 bits per heavy atom. The fraction of sp³-hybridized carbons (Fsp3) is 0.278. The zero-order valence-corrected chi connectivity index (χ0v) is 29.6. The van der Waals surface area contributed by atoms with E-state index in [9.17, 15) is 24.3 Å². The lowest BCUT2D eigenvalue weighted by Crippen LogP contribution is -2.71. The molecule has 1 unspecified atom stereocenters. The monoisotopic (exact) mass is 781 g/mol. The molecule has 0 radical (unpaired) electrons. The summed E-state index contributed by atoms with van der Waals surface area (Å²) in [7, 11) is 0. The van der Waals surface area contributed by atoms with Crippen LogP contribution in [0.4, 0.5) is 4.79 Å². The predicted octanol–water partition coefficient (Wildman–Crippen LogP) is 5.94.